The van der Waals surface area contributed by atoms with E-state index >= 15 is 0 Å². The van der Waals surface area contributed by atoms with Crippen LogP contribution in [0.5, 0.6) is 0 Å². The summed E-state index contributed by atoms with van der Waals surface area (Å²) in [5.74, 6) is 0. The molecule has 0 aromatic carbocycles. The SMILES string of the molecule is C=C(C)CCC(NCC)c1cc(CC)nn1C. The van der Waals surface area contributed by atoms with E-state index in [-0.39, 0.29) is 0 Å². The van der Waals surface area contributed by atoms with Crippen molar-refractivity contribution in [3.8, 4) is 0 Å². The Morgan fingerprint density at radius 1 is 1.53 bits per heavy atom. The number of nitrogens with zero attached hydrogens (tertiary/aromatic N) is 2. The standard InChI is InChI=1S/C14H25N3/c1-6-12-10-14(17(5)16-12)13(15-7-2)9-8-11(3)4/h10,13,15H,3,6-9H2,1-2,4-5H3. The van der Waals surface area contributed by atoms with Crippen molar-refractivity contribution in [1.82, 2.24) is 15.1 Å². The van der Waals surface area contributed by atoms with Crippen molar-refractivity contribution < 1.29 is 0 Å². The lowest BCUT2D eigenvalue weighted by Crippen LogP contribution is -2.23. The fourth-order valence-corrected chi connectivity index (χ4v) is 2.03. The zero-order valence-corrected chi connectivity index (χ0v) is 11.6. The summed E-state index contributed by atoms with van der Waals surface area (Å²) in [6, 6.07) is 2.60. The van der Waals surface area contributed by atoms with Crippen LogP contribution in [-0.2, 0) is 13.5 Å². The van der Waals surface area contributed by atoms with E-state index in [2.05, 4.69) is 43.8 Å². The average Bonchev–Trinajstić information content (AvgIpc) is 2.65. The molecule has 1 unspecified atom stereocenters. The van der Waals surface area contributed by atoms with E-state index in [0.717, 1.165) is 25.8 Å². The van der Waals surface area contributed by atoms with E-state index < -0.39 is 0 Å². The lowest BCUT2D eigenvalue weighted by molar-refractivity contribution is 0.479. The quantitative estimate of drug-likeness (QED) is 0.736. The number of allylic oxidation sites excluding steroid dienone is 1. The average molecular weight is 235 g/mol. The van der Waals surface area contributed by atoms with Crippen LogP contribution in [0.25, 0.3) is 0 Å². The maximum absolute atomic E-state index is 4.51. The van der Waals surface area contributed by atoms with Gasteiger partial charge in [-0.2, -0.15) is 5.10 Å². The topological polar surface area (TPSA) is 29.9 Å². The van der Waals surface area contributed by atoms with Gasteiger partial charge in [-0.1, -0.05) is 19.4 Å². The minimum absolute atomic E-state index is 0.384. The number of rotatable bonds is 7. The second kappa shape index (κ2) is 6.60. The lowest BCUT2D eigenvalue weighted by atomic mass is 10.0. The second-order valence-electron chi connectivity index (χ2n) is 4.64. The first kappa shape index (κ1) is 14.0. The molecule has 1 aromatic heterocycles. The second-order valence-corrected chi connectivity index (χ2v) is 4.64. The molecule has 1 aromatic rings. The largest absolute Gasteiger partial charge is 0.309 e. The highest BCUT2D eigenvalue weighted by molar-refractivity contribution is 5.14. The molecule has 3 nitrogen and oxygen atoms in total. The van der Waals surface area contributed by atoms with Crippen LogP contribution in [0.1, 0.15) is 51.0 Å². The summed E-state index contributed by atoms with van der Waals surface area (Å²) >= 11 is 0. The fraction of sp³-hybridized carbons (Fsp3) is 0.643. The summed E-state index contributed by atoms with van der Waals surface area (Å²) < 4.78 is 2.00. The van der Waals surface area contributed by atoms with Crippen LogP contribution >= 0.6 is 0 Å². The molecule has 0 aliphatic carbocycles. The van der Waals surface area contributed by atoms with Gasteiger partial charge in [0.2, 0.25) is 0 Å². The summed E-state index contributed by atoms with van der Waals surface area (Å²) in [6.07, 6.45) is 3.14. The minimum Gasteiger partial charge on any atom is -0.309 e. The Hall–Kier alpha value is -1.09. The molecule has 1 N–H and O–H groups in total. The number of aromatic nitrogens is 2. The van der Waals surface area contributed by atoms with E-state index in [1.54, 1.807) is 0 Å². The smallest absolute Gasteiger partial charge is 0.0625 e. The lowest BCUT2D eigenvalue weighted by Gasteiger charge is -2.18. The molecule has 0 aliphatic rings. The highest BCUT2D eigenvalue weighted by Crippen LogP contribution is 2.21. The third-order valence-corrected chi connectivity index (χ3v) is 3.00. The molecule has 96 valence electrons. The predicted octanol–water partition coefficient (Wildman–Crippen LogP) is 2.99. The number of aryl methyl sites for hydroxylation is 2. The normalized spacial score (nSPS) is 12.7. The van der Waals surface area contributed by atoms with Crippen LogP contribution in [0.15, 0.2) is 18.2 Å². The third-order valence-electron chi connectivity index (χ3n) is 3.00. The molecule has 3 heteroatoms. The summed E-state index contributed by atoms with van der Waals surface area (Å²) in [5.41, 5.74) is 3.69. The maximum atomic E-state index is 4.51. The Balaban J connectivity index is 2.80. The van der Waals surface area contributed by atoms with Crippen LogP contribution in [0.4, 0.5) is 0 Å². The molecule has 1 atom stereocenters. The van der Waals surface area contributed by atoms with Gasteiger partial charge in [-0.25, -0.2) is 0 Å². The molecule has 0 bridgehead atoms. The molecule has 0 amide bonds. The maximum Gasteiger partial charge on any atom is 0.0625 e. The zero-order chi connectivity index (χ0) is 12.8. The Morgan fingerprint density at radius 2 is 2.24 bits per heavy atom. The zero-order valence-electron chi connectivity index (χ0n) is 11.6. The van der Waals surface area contributed by atoms with Gasteiger partial charge in [0.05, 0.1) is 11.4 Å². The number of nitrogens with one attached hydrogen (secondary N) is 1. The van der Waals surface area contributed by atoms with Crippen molar-refractivity contribution >= 4 is 0 Å². The highest BCUT2D eigenvalue weighted by atomic mass is 15.3. The van der Waals surface area contributed by atoms with Crippen LogP contribution in [0, 0.1) is 0 Å². The monoisotopic (exact) mass is 235 g/mol. The van der Waals surface area contributed by atoms with Gasteiger partial charge < -0.3 is 5.32 Å². The van der Waals surface area contributed by atoms with Crippen LogP contribution in [-0.4, -0.2) is 16.3 Å². The molecule has 1 heterocycles. The van der Waals surface area contributed by atoms with Crippen molar-refractivity contribution in [1.29, 1.82) is 0 Å². The first-order valence-electron chi connectivity index (χ1n) is 6.49. The first-order valence-corrected chi connectivity index (χ1v) is 6.49. The van der Waals surface area contributed by atoms with Crippen LogP contribution < -0.4 is 5.32 Å². The molecule has 0 fully saturated rings. The molecule has 0 aliphatic heterocycles. The molecular formula is C14H25N3. The van der Waals surface area contributed by atoms with E-state index in [4.69, 9.17) is 0 Å². The molecule has 0 saturated carbocycles. The highest BCUT2D eigenvalue weighted by Gasteiger charge is 2.15. The Labute approximate surface area is 105 Å². The fourth-order valence-electron chi connectivity index (χ4n) is 2.03. The van der Waals surface area contributed by atoms with Gasteiger partial charge in [-0.05, 0) is 38.8 Å². The van der Waals surface area contributed by atoms with E-state index in [1.165, 1.54) is 17.0 Å². The number of hydrogen-bond acceptors (Lipinski definition) is 2. The van der Waals surface area contributed by atoms with Crippen molar-refractivity contribution in [2.24, 2.45) is 7.05 Å². The van der Waals surface area contributed by atoms with Crippen LogP contribution in [0.3, 0.4) is 0 Å². The van der Waals surface area contributed by atoms with Crippen molar-refractivity contribution in [3.05, 3.63) is 29.6 Å². The first-order chi connectivity index (χ1) is 8.08. The van der Waals surface area contributed by atoms with Gasteiger partial charge in [0.15, 0.2) is 0 Å². The summed E-state index contributed by atoms with van der Waals surface area (Å²) in [7, 11) is 2.03. The Kier molecular flexibility index (Phi) is 5.42. The van der Waals surface area contributed by atoms with Crippen LogP contribution in [0.2, 0.25) is 0 Å². The van der Waals surface area contributed by atoms with E-state index in [1.807, 2.05) is 11.7 Å². The Bertz CT molecular complexity index is 366. The van der Waals surface area contributed by atoms with Crippen molar-refractivity contribution in [2.75, 3.05) is 6.54 Å². The molecular weight excluding hydrogens is 210 g/mol. The molecule has 0 saturated heterocycles. The summed E-state index contributed by atoms with van der Waals surface area (Å²) in [5, 5.41) is 8.04. The van der Waals surface area contributed by atoms with Gasteiger partial charge >= 0.3 is 0 Å². The van der Waals surface area contributed by atoms with Gasteiger partial charge in [0.1, 0.15) is 0 Å². The summed E-state index contributed by atoms with van der Waals surface area (Å²) in [4.78, 5) is 0. The van der Waals surface area contributed by atoms with Gasteiger partial charge in [-0.15, -0.1) is 6.58 Å². The molecule has 0 radical (unpaired) electrons. The van der Waals surface area contributed by atoms with Gasteiger partial charge in [-0.3, -0.25) is 4.68 Å². The van der Waals surface area contributed by atoms with Crippen molar-refractivity contribution in [2.45, 2.75) is 46.1 Å². The van der Waals surface area contributed by atoms with E-state index in [0.29, 0.717) is 6.04 Å². The Morgan fingerprint density at radius 3 is 2.71 bits per heavy atom. The summed E-state index contributed by atoms with van der Waals surface area (Å²) in [6.45, 7) is 11.3. The molecule has 0 spiro atoms. The molecule has 1 rings (SSSR count). The third kappa shape index (κ3) is 4.00. The van der Waals surface area contributed by atoms with Gasteiger partial charge in [0.25, 0.3) is 0 Å². The number of hydrogen-bond donors (Lipinski definition) is 1. The van der Waals surface area contributed by atoms with Crippen molar-refractivity contribution in [3.63, 3.8) is 0 Å². The molecule has 17 heavy (non-hydrogen) atoms. The van der Waals surface area contributed by atoms with E-state index in [9.17, 15) is 0 Å². The predicted molar refractivity (Wildman–Crippen MR) is 73.1 cm³/mol. The van der Waals surface area contributed by atoms with Gasteiger partial charge in [0, 0.05) is 13.1 Å². The minimum atomic E-state index is 0.384.